The molecule has 10 heteroatoms. The Labute approximate surface area is 223 Å². The van der Waals surface area contributed by atoms with E-state index in [1.807, 2.05) is 51.1 Å². The van der Waals surface area contributed by atoms with E-state index < -0.39 is 11.7 Å². The zero-order chi connectivity index (χ0) is 27.4. The molecule has 38 heavy (non-hydrogen) atoms. The first-order valence-corrected chi connectivity index (χ1v) is 12.2. The van der Waals surface area contributed by atoms with Gasteiger partial charge in [-0.1, -0.05) is 12.0 Å². The van der Waals surface area contributed by atoms with Crippen LogP contribution in [0.2, 0.25) is 0 Å². The molecular formula is C28H34N4O6. The quantitative estimate of drug-likeness (QED) is 0.251. The fourth-order valence-electron chi connectivity index (χ4n) is 3.30. The normalized spacial score (nSPS) is 11.0. The minimum Gasteiger partial charge on any atom is -0.487 e. The van der Waals surface area contributed by atoms with Gasteiger partial charge in [-0.25, -0.2) is 14.8 Å². The summed E-state index contributed by atoms with van der Waals surface area (Å²) in [5.41, 5.74) is 1.69. The van der Waals surface area contributed by atoms with Crippen LogP contribution in [0.15, 0.2) is 42.7 Å². The number of fused-ring (bicyclic) bond motifs is 1. The average molecular weight is 523 g/mol. The van der Waals surface area contributed by atoms with Gasteiger partial charge in [0.1, 0.15) is 31.0 Å². The Hall–Kier alpha value is -4.07. The lowest BCUT2D eigenvalue weighted by molar-refractivity contribution is 0.0488. The second kappa shape index (κ2) is 14.0. The van der Waals surface area contributed by atoms with E-state index in [0.717, 1.165) is 16.6 Å². The predicted molar refractivity (Wildman–Crippen MR) is 145 cm³/mol. The predicted octanol–water partition coefficient (Wildman–Crippen LogP) is 4.30. The fraction of sp³-hybridized carbons (Fsp3) is 0.393. The molecule has 0 aliphatic heterocycles. The summed E-state index contributed by atoms with van der Waals surface area (Å²) in [5, 5.41) is 6.70. The molecule has 202 valence electrons. The minimum atomic E-state index is -0.545. The maximum absolute atomic E-state index is 11.7. The highest BCUT2D eigenvalue weighted by Crippen LogP contribution is 2.35. The van der Waals surface area contributed by atoms with Gasteiger partial charge in [0.2, 0.25) is 0 Å². The van der Waals surface area contributed by atoms with Crippen LogP contribution in [0.4, 0.5) is 16.3 Å². The number of nitrogens with zero attached hydrogens (tertiary/aromatic N) is 2. The van der Waals surface area contributed by atoms with Crippen molar-refractivity contribution in [1.29, 1.82) is 0 Å². The van der Waals surface area contributed by atoms with Gasteiger partial charge in [-0.3, -0.25) is 0 Å². The number of rotatable bonds is 13. The number of aromatic nitrogens is 2. The SMILES string of the molecule is C#Cc1cccc(Nc2ncnc3cc(OCCOCCNC(=O)OC(C)(C)C)c(OCCOC)cc23)c1. The summed E-state index contributed by atoms with van der Waals surface area (Å²) >= 11 is 0. The summed E-state index contributed by atoms with van der Waals surface area (Å²) in [6.07, 6.45) is 6.53. The van der Waals surface area contributed by atoms with Crippen LogP contribution in [0, 0.1) is 12.3 Å². The van der Waals surface area contributed by atoms with Gasteiger partial charge in [0.15, 0.2) is 11.5 Å². The van der Waals surface area contributed by atoms with E-state index in [0.29, 0.717) is 55.8 Å². The third kappa shape index (κ3) is 9.10. The van der Waals surface area contributed by atoms with Gasteiger partial charge in [0, 0.05) is 36.4 Å². The van der Waals surface area contributed by atoms with E-state index in [1.165, 1.54) is 6.33 Å². The number of terminal acetylenes is 1. The highest BCUT2D eigenvalue weighted by molar-refractivity contribution is 5.93. The number of amides is 1. The lowest BCUT2D eigenvalue weighted by atomic mass is 10.2. The van der Waals surface area contributed by atoms with Crippen molar-refractivity contribution in [1.82, 2.24) is 15.3 Å². The van der Waals surface area contributed by atoms with Gasteiger partial charge >= 0.3 is 6.09 Å². The van der Waals surface area contributed by atoms with Gasteiger partial charge in [-0.05, 0) is 45.0 Å². The number of hydrogen-bond donors (Lipinski definition) is 2. The Balaban J connectivity index is 1.64. The summed E-state index contributed by atoms with van der Waals surface area (Å²) in [5.74, 6) is 4.27. The molecule has 0 fully saturated rings. The Morgan fingerprint density at radius 2 is 1.76 bits per heavy atom. The second-order valence-electron chi connectivity index (χ2n) is 9.12. The molecule has 1 heterocycles. The molecule has 0 saturated heterocycles. The standard InChI is InChI=1S/C28H34N4O6/c1-6-20-8-7-9-21(16-20)32-26-22-17-24(36-14-12-34-5)25(18-23(22)30-19-31-26)37-15-13-35-11-10-29-27(33)38-28(2,3)4/h1,7-9,16-19H,10-15H2,2-5H3,(H,29,33)(H,30,31,32). The van der Waals surface area contributed by atoms with Gasteiger partial charge in [-0.2, -0.15) is 0 Å². The minimum absolute atomic E-state index is 0.271. The second-order valence-corrected chi connectivity index (χ2v) is 9.12. The van der Waals surface area contributed by atoms with Gasteiger partial charge in [0.05, 0.1) is 25.3 Å². The van der Waals surface area contributed by atoms with Crippen molar-refractivity contribution < 1.29 is 28.5 Å². The Bertz CT molecular complexity index is 1250. The monoisotopic (exact) mass is 522 g/mol. The number of anilines is 2. The molecule has 3 rings (SSSR count). The third-order valence-corrected chi connectivity index (χ3v) is 4.94. The lowest BCUT2D eigenvalue weighted by Crippen LogP contribution is -2.34. The van der Waals surface area contributed by atoms with Crippen LogP contribution in [-0.2, 0) is 14.2 Å². The van der Waals surface area contributed by atoms with Crippen molar-refractivity contribution in [2.45, 2.75) is 26.4 Å². The van der Waals surface area contributed by atoms with Crippen LogP contribution in [0.5, 0.6) is 11.5 Å². The maximum Gasteiger partial charge on any atom is 0.407 e. The van der Waals surface area contributed by atoms with Crippen LogP contribution in [0.25, 0.3) is 10.9 Å². The Morgan fingerprint density at radius 1 is 1.00 bits per heavy atom. The van der Waals surface area contributed by atoms with Crippen molar-refractivity contribution in [2.24, 2.45) is 0 Å². The topological polar surface area (TPSA) is 113 Å². The van der Waals surface area contributed by atoms with E-state index in [1.54, 1.807) is 13.2 Å². The highest BCUT2D eigenvalue weighted by Gasteiger charge is 2.16. The molecule has 3 aromatic rings. The van der Waals surface area contributed by atoms with Gasteiger partial charge in [-0.15, -0.1) is 6.42 Å². The van der Waals surface area contributed by atoms with E-state index in [-0.39, 0.29) is 6.61 Å². The number of ether oxygens (including phenoxy) is 5. The van der Waals surface area contributed by atoms with Crippen LogP contribution in [0.3, 0.4) is 0 Å². The molecule has 0 atom stereocenters. The lowest BCUT2D eigenvalue weighted by Gasteiger charge is -2.19. The van der Waals surface area contributed by atoms with Crippen molar-refractivity contribution in [2.75, 3.05) is 52.0 Å². The number of carbonyl (C=O) groups excluding carboxylic acids is 1. The molecule has 10 nitrogen and oxygen atoms in total. The van der Waals surface area contributed by atoms with E-state index in [4.69, 9.17) is 30.1 Å². The number of hydrogen-bond acceptors (Lipinski definition) is 9. The van der Waals surface area contributed by atoms with Gasteiger partial charge < -0.3 is 34.3 Å². The van der Waals surface area contributed by atoms with Crippen molar-refractivity contribution >= 4 is 28.5 Å². The molecule has 0 unspecified atom stereocenters. The number of benzene rings is 2. The summed E-state index contributed by atoms with van der Waals surface area (Å²) in [4.78, 5) is 20.5. The van der Waals surface area contributed by atoms with Gasteiger partial charge in [0.25, 0.3) is 0 Å². The molecule has 1 aromatic heterocycles. The molecule has 2 N–H and O–H groups in total. The van der Waals surface area contributed by atoms with Crippen LogP contribution < -0.4 is 20.1 Å². The summed E-state index contributed by atoms with van der Waals surface area (Å²) in [6, 6.07) is 11.1. The molecular weight excluding hydrogens is 488 g/mol. The average Bonchev–Trinajstić information content (AvgIpc) is 2.87. The molecule has 0 aliphatic carbocycles. The molecule has 0 radical (unpaired) electrons. The van der Waals surface area contributed by atoms with Crippen LogP contribution >= 0.6 is 0 Å². The number of alkyl carbamates (subject to hydrolysis) is 1. The zero-order valence-corrected chi connectivity index (χ0v) is 22.2. The zero-order valence-electron chi connectivity index (χ0n) is 22.2. The van der Waals surface area contributed by atoms with E-state index in [9.17, 15) is 4.79 Å². The smallest absolute Gasteiger partial charge is 0.407 e. The van der Waals surface area contributed by atoms with Crippen molar-refractivity contribution in [3.63, 3.8) is 0 Å². The molecule has 1 amide bonds. The Morgan fingerprint density at radius 3 is 2.50 bits per heavy atom. The summed E-state index contributed by atoms with van der Waals surface area (Å²) in [7, 11) is 1.61. The van der Waals surface area contributed by atoms with Crippen LogP contribution in [-0.4, -0.2) is 68.4 Å². The third-order valence-electron chi connectivity index (χ3n) is 4.94. The molecule has 0 aliphatic rings. The fourth-order valence-corrected chi connectivity index (χ4v) is 3.30. The molecule has 0 bridgehead atoms. The van der Waals surface area contributed by atoms with E-state index in [2.05, 4.69) is 26.5 Å². The molecule has 2 aromatic carbocycles. The van der Waals surface area contributed by atoms with Crippen LogP contribution in [0.1, 0.15) is 26.3 Å². The number of nitrogens with one attached hydrogen (secondary N) is 2. The number of carbonyl (C=O) groups is 1. The Kier molecular flexibility index (Phi) is 10.5. The number of methoxy groups -OCH3 is 1. The summed E-state index contributed by atoms with van der Waals surface area (Å²) < 4.78 is 27.7. The first kappa shape index (κ1) is 28.5. The van der Waals surface area contributed by atoms with Crippen molar-refractivity contribution in [3.8, 4) is 23.8 Å². The molecule has 0 spiro atoms. The summed E-state index contributed by atoms with van der Waals surface area (Å²) in [6.45, 7) is 7.41. The van der Waals surface area contributed by atoms with E-state index >= 15 is 0 Å². The largest absolute Gasteiger partial charge is 0.487 e. The maximum atomic E-state index is 11.7. The van der Waals surface area contributed by atoms with Crippen molar-refractivity contribution in [3.05, 3.63) is 48.3 Å². The first-order valence-electron chi connectivity index (χ1n) is 12.2. The first-order chi connectivity index (χ1) is 18.3. The molecule has 0 saturated carbocycles. The highest BCUT2D eigenvalue weighted by atomic mass is 16.6.